The minimum Gasteiger partial charge on any atom is -0.444 e. The van der Waals surface area contributed by atoms with Gasteiger partial charge in [-0.05, 0) is 89.8 Å². The Kier molecular flexibility index (Phi) is 11.7. The maximum Gasteiger partial charge on any atom is 0.408 e. The van der Waals surface area contributed by atoms with E-state index in [0.717, 1.165) is 42.4 Å². The molecule has 1 aliphatic carbocycles. The molecule has 3 atom stereocenters. The van der Waals surface area contributed by atoms with Crippen molar-refractivity contribution in [3.63, 3.8) is 0 Å². The summed E-state index contributed by atoms with van der Waals surface area (Å²) in [6, 6.07) is 4.21. The summed E-state index contributed by atoms with van der Waals surface area (Å²) < 4.78 is 5.49. The molecule has 1 aliphatic rings. The fourth-order valence-electron chi connectivity index (χ4n) is 5.13. The van der Waals surface area contributed by atoms with Crippen molar-refractivity contribution in [2.24, 2.45) is 5.92 Å². The van der Waals surface area contributed by atoms with Crippen LogP contribution in [0, 0.1) is 19.8 Å². The van der Waals surface area contributed by atoms with E-state index in [1.807, 2.05) is 59.7 Å². The molecule has 1 fully saturated rings. The Balaban J connectivity index is 2.55. The van der Waals surface area contributed by atoms with Crippen LogP contribution in [0.3, 0.4) is 0 Å². The van der Waals surface area contributed by atoms with Crippen LogP contribution < -0.4 is 10.6 Å². The Bertz CT molecular complexity index is 947. The van der Waals surface area contributed by atoms with Crippen molar-refractivity contribution in [1.29, 1.82) is 0 Å². The second kappa shape index (κ2) is 14.0. The first-order valence-electron chi connectivity index (χ1n) is 14.4. The van der Waals surface area contributed by atoms with Crippen LogP contribution in [0.5, 0.6) is 0 Å². The number of nitrogens with zero attached hydrogens (tertiary/aromatic N) is 1. The van der Waals surface area contributed by atoms with Crippen molar-refractivity contribution in [2.75, 3.05) is 0 Å². The van der Waals surface area contributed by atoms with Crippen molar-refractivity contribution in [1.82, 2.24) is 15.5 Å². The molecule has 1 aromatic carbocycles. The molecule has 38 heavy (non-hydrogen) atoms. The minimum atomic E-state index is -0.811. The lowest BCUT2D eigenvalue weighted by molar-refractivity contribution is -0.145. The van der Waals surface area contributed by atoms with Crippen LogP contribution in [-0.2, 0) is 14.3 Å². The van der Waals surface area contributed by atoms with Crippen molar-refractivity contribution in [3.8, 4) is 0 Å². The Morgan fingerprint density at radius 2 is 1.68 bits per heavy atom. The first kappa shape index (κ1) is 31.6. The van der Waals surface area contributed by atoms with E-state index in [2.05, 4.69) is 10.6 Å². The minimum absolute atomic E-state index is 0.115. The van der Waals surface area contributed by atoms with Crippen LogP contribution in [0.25, 0.3) is 0 Å². The molecule has 1 saturated carbocycles. The quantitative estimate of drug-likeness (QED) is 0.369. The number of benzene rings is 1. The molecule has 0 bridgehead atoms. The highest BCUT2D eigenvalue weighted by Gasteiger charge is 2.40. The van der Waals surface area contributed by atoms with E-state index in [1.165, 1.54) is 6.42 Å². The maximum atomic E-state index is 14.4. The molecule has 1 aromatic rings. The van der Waals surface area contributed by atoms with E-state index < -0.39 is 23.8 Å². The molecule has 7 nitrogen and oxygen atoms in total. The summed E-state index contributed by atoms with van der Waals surface area (Å²) >= 11 is 0. The van der Waals surface area contributed by atoms with Crippen LogP contribution in [-0.4, -0.2) is 46.5 Å². The van der Waals surface area contributed by atoms with Gasteiger partial charge in [0, 0.05) is 12.1 Å². The molecule has 0 saturated heterocycles. The molecule has 0 heterocycles. The Hall–Kier alpha value is -2.57. The van der Waals surface area contributed by atoms with Gasteiger partial charge in [-0.1, -0.05) is 58.2 Å². The normalized spacial score (nSPS) is 16.9. The number of nitrogens with one attached hydrogen (secondary N) is 2. The summed E-state index contributed by atoms with van der Waals surface area (Å²) in [5.74, 6) is -0.267. The zero-order valence-corrected chi connectivity index (χ0v) is 25.1. The highest BCUT2D eigenvalue weighted by molar-refractivity contribution is 5.92. The van der Waals surface area contributed by atoms with Crippen LogP contribution in [0.15, 0.2) is 18.2 Å². The number of amides is 3. The van der Waals surface area contributed by atoms with E-state index >= 15 is 0 Å². The number of carbonyl (C=O) groups excluding carboxylic acids is 3. The first-order chi connectivity index (χ1) is 17.7. The molecular formula is C31H51N3O4. The number of hydrogen-bond donors (Lipinski definition) is 2. The standard InChI is InChI=1S/C31H51N3O4/c1-10-22(5)34(29(36)26(19-20(2)3)33-30(37)38-31(7,8)9)27(25-18-14-15-21(4)23(25)6)28(35)32-24-16-12-11-13-17-24/h14-15,18,20,22,24,26-27H,10-13,16-17,19H2,1-9H3,(H,32,35)(H,33,37). The van der Waals surface area contributed by atoms with E-state index in [4.69, 9.17) is 4.74 Å². The molecule has 0 radical (unpaired) electrons. The van der Waals surface area contributed by atoms with Gasteiger partial charge in [0.25, 0.3) is 0 Å². The van der Waals surface area contributed by atoms with Gasteiger partial charge in [-0.3, -0.25) is 9.59 Å². The molecule has 3 unspecified atom stereocenters. The van der Waals surface area contributed by atoms with Gasteiger partial charge in [0.05, 0.1) is 0 Å². The number of aryl methyl sites for hydroxylation is 1. The highest BCUT2D eigenvalue weighted by Crippen LogP contribution is 2.31. The third kappa shape index (κ3) is 9.02. The molecule has 3 amide bonds. The second-order valence-corrected chi connectivity index (χ2v) is 12.4. The zero-order chi connectivity index (χ0) is 28.6. The molecule has 0 aliphatic heterocycles. The maximum absolute atomic E-state index is 14.4. The van der Waals surface area contributed by atoms with Gasteiger partial charge >= 0.3 is 6.09 Å². The van der Waals surface area contributed by atoms with Gasteiger partial charge in [0.15, 0.2) is 0 Å². The molecule has 2 rings (SSSR count). The summed E-state index contributed by atoms with van der Waals surface area (Å²) in [6.45, 7) is 17.4. The smallest absolute Gasteiger partial charge is 0.408 e. The van der Waals surface area contributed by atoms with Gasteiger partial charge in [0.1, 0.15) is 17.7 Å². The summed E-state index contributed by atoms with van der Waals surface area (Å²) in [4.78, 5) is 42.9. The fourth-order valence-corrected chi connectivity index (χ4v) is 5.13. The number of hydrogen-bond acceptors (Lipinski definition) is 4. The van der Waals surface area contributed by atoms with Crippen molar-refractivity contribution < 1.29 is 19.1 Å². The lowest BCUT2D eigenvalue weighted by Crippen LogP contribution is -2.56. The van der Waals surface area contributed by atoms with Crippen molar-refractivity contribution in [2.45, 2.75) is 137 Å². The van der Waals surface area contributed by atoms with Gasteiger partial charge < -0.3 is 20.3 Å². The number of alkyl carbamates (subject to hydrolysis) is 1. The van der Waals surface area contributed by atoms with E-state index in [-0.39, 0.29) is 29.8 Å². The lowest BCUT2D eigenvalue weighted by Gasteiger charge is -2.40. The molecule has 0 aromatic heterocycles. The number of ether oxygens (including phenoxy) is 1. The Morgan fingerprint density at radius 3 is 2.24 bits per heavy atom. The van der Waals surface area contributed by atoms with Gasteiger partial charge in [-0.25, -0.2) is 4.79 Å². The third-order valence-electron chi connectivity index (χ3n) is 7.44. The van der Waals surface area contributed by atoms with Crippen molar-refractivity contribution in [3.05, 3.63) is 34.9 Å². The average molecular weight is 530 g/mol. The van der Waals surface area contributed by atoms with Crippen LogP contribution >= 0.6 is 0 Å². The van der Waals surface area contributed by atoms with Gasteiger partial charge in [0.2, 0.25) is 11.8 Å². The molecule has 2 N–H and O–H groups in total. The number of rotatable bonds is 10. The summed E-state index contributed by atoms with van der Waals surface area (Å²) in [6.07, 6.45) is 5.79. The van der Waals surface area contributed by atoms with Gasteiger partial charge in [-0.2, -0.15) is 0 Å². The first-order valence-corrected chi connectivity index (χ1v) is 14.4. The monoisotopic (exact) mass is 529 g/mol. The zero-order valence-electron chi connectivity index (χ0n) is 25.1. The molecule has 214 valence electrons. The molecular weight excluding hydrogens is 478 g/mol. The second-order valence-electron chi connectivity index (χ2n) is 12.4. The largest absolute Gasteiger partial charge is 0.444 e. The predicted octanol–water partition coefficient (Wildman–Crippen LogP) is 6.36. The van der Waals surface area contributed by atoms with Crippen molar-refractivity contribution >= 4 is 17.9 Å². The number of carbonyl (C=O) groups is 3. The highest BCUT2D eigenvalue weighted by atomic mass is 16.6. The predicted molar refractivity (Wildman–Crippen MR) is 153 cm³/mol. The van der Waals surface area contributed by atoms with E-state index in [1.54, 1.807) is 25.7 Å². The van der Waals surface area contributed by atoms with Gasteiger partial charge in [-0.15, -0.1) is 0 Å². The molecule has 0 spiro atoms. The third-order valence-corrected chi connectivity index (χ3v) is 7.44. The summed E-state index contributed by atoms with van der Waals surface area (Å²) in [5.41, 5.74) is 2.21. The van der Waals surface area contributed by atoms with Crippen LogP contribution in [0.4, 0.5) is 4.79 Å². The SMILES string of the molecule is CCC(C)N(C(=O)C(CC(C)C)NC(=O)OC(C)(C)C)C(C(=O)NC1CCCCC1)c1cccc(C)c1C. The Morgan fingerprint density at radius 1 is 1.05 bits per heavy atom. The molecule has 7 heteroatoms. The summed E-state index contributed by atoms with van der Waals surface area (Å²) in [5, 5.41) is 6.12. The van der Waals surface area contributed by atoms with E-state index in [9.17, 15) is 14.4 Å². The van der Waals surface area contributed by atoms with E-state index in [0.29, 0.717) is 12.8 Å². The van der Waals surface area contributed by atoms with Crippen LogP contribution in [0.1, 0.15) is 116 Å². The average Bonchev–Trinajstić information content (AvgIpc) is 2.82. The fraction of sp³-hybridized carbons (Fsp3) is 0.710. The summed E-state index contributed by atoms with van der Waals surface area (Å²) in [7, 11) is 0. The van der Waals surface area contributed by atoms with Crippen LogP contribution in [0.2, 0.25) is 0 Å². The lowest BCUT2D eigenvalue weighted by atomic mass is 9.91. The topological polar surface area (TPSA) is 87.7 Å². The Labute approximate surface area is 230 Å².